The number of hydrogen-bond donors (Lipinski definition) is 2. The number of methoxy groups -OCH3 is 1. The van der Waals surface area contributed by atoms with Gasteiger partial charge in [0, 0.05) is 38.4 Å². The lowest BCUT2D eigenvalue weighted by atomic mass is 10.2. The standard InChI is InChI=1S/C12H19N3O3/c1-9(13)7-11(16)14-10-3-4-12(17)15(8-10)5-6-18-2/h3-4,8-9H,5-7,13H2,1-2H3,(H,14,16). The van der Waals surface area contributed by atoms with Crippen LogP contribution in [0.3, 0.4) is 0 Å². The Morgan fingerprint density at radius 3 is 2.89 bits per heavy atom. The fraction of sp³-hybridized carbons (Fsp3) is 0.500. The molecule has 0 aliphatic rings. The smallest absolute Gasteiger partial charge is 0.250 e. The van der Waals surface area contributed by atoms with Crippen molar-refractivity contribution in [3.63, 3.8) is 0 Å². The van der Waals surface area contributed by atoms with E-state index in [2.05, 4.69) is 5.32 Å². The van der Waals surface area contributed by atoms with Gasteiger partial charge in [-0.3, -0.25) is 9.59 Å². The van der Waals surface area contributed by atoms with Crippen LogP contribution in [0.15, 0.2) is 23.1 Å². The molecule has 0 aromatic carbocycles. The highest BCUT2D eigenvalue weighted by molar-refractivity contribution is 5.90. The van der Waals surface area contributed by atoms with E-state index >= 15 is 0 Å². The van der Waals surface area contributed by atoms with Gasteiger partial charge in [0.1, 0.15) is 0 Å². The van der Waals surface area contributed by atoms with Gasteiger partial charge in [-0.25, -0.2) is 0 Å². The fourth-order valence-electron chi connectivity index (χ4n) is 1.47. The van der Waals surface area contributed by atoms with Crippen molar-refractivity contribution in [1.82, 2.24) is 4.57 Å². The van der Waals surface area contributed by atoms with Crippen molar-refractivity contribution >= 4 is 11.6 Å². The summed E-state index contributed by atoms with van der Waals surface area (Å²) in [6, 6.07) is 2.80. The third-order valence-electron chi connectivity index (χ3n) is 2.31. The van der Waals surface area contributed by atoms with Gasteiger partial charge >= 0.3 is 0 Å². The quantitative estimate of drug-likeness (QED) is 0.756. The summed E-state index contributed by atoms with van der Waals surface area (Å²) in [4.78, 5) is 23.0. The monoisotopic (exact) mass is 253 g/mol. The number of aromatic nitrogens is 1. The zero-order valence-electron chi connectivity index (χ0n) is 10.7. The highest BCUT2D eigenvalue weighted by atomic mass is 16.5. The Balaban J connectivity index is 2.72. The van der Waals surface area contributed by atoms with Gasteiger partial charge in [-0.05, 0) is 13.0 Å². The zero-order chi connectivity index (χ0) is 13.5. The van der Waals surface area contributed by atoms with Crippen molar-refractivity contribution in [3.8, 4) is 0 Å². The third-order valence-corrected chi connectivity index (χ3v) is 2.31. The number of ether oxygens (including phenoxy) is 1. The third kappa shape index (κ3) is 4.68. The number of carbonyl (C=O) groups is 1. The Morgan fingerprint density at radius 1 is 1.56 bits per heavy atom. The van der Waals surface area contributed by atoms with E-state index in [1.807, 2.05) is 0 Å². The van der Waals surface area contributed by atoms with E-state index in [0.717, 1.165) is 0 Å². The average molecular weight is 253 g/mol. The van der Waals surface area contributed by atoms with Crippen LogP contribution in [0.5, 0.6) is 0 Å². The van der Waals surface area contributed by atoms with Gasteiger partial charge in [-0.15, -0.1) is 0 Å². The Hall–Kier alpha value is -1.66. The van der Waals surface area contributed by atoms with Crippen LogP contribution >= 0.6 is 0 Å². The highest BCUT2D eigenvalue weighted by Gasteiger charge is 2.06. The topological polar surface area (TPSA) is 86.3 Å². The maximum absolute atomic E-state index is 11.5. The van der Waals surface area contributed by atoms with Crippen LogP contribution in [0.25, 0.3) is 0 Å². The first-order valence-corrected chi connectivity index (χ1v) is 5.78. The number of anilines is 1. The summed E-state index contributed by atoms with van der Waals surface area (Å²) in [6.45, 7) is 2.66. The molecule has 0 aliphatic heterocycles. The van der Waals surface area contributed by atoms with Gasteiger partial charge in [0.15, 0.2) is 0 Å². The lowest BCUT2D eigenvalue weighted by Gasteiger charge is -2.10. The van der Waals surface area contributed by atoms with Gasteiger partial charge in [-0.2, -0.15) is 0 Å². The summed E-state index contributed by atoms with van der Waals surface area (Å²) in [5.74, 6) is -0.165. The van der Waals surface area contributed by atoms with Crippen LogP contribution in [-0.4, -0.2) is 30.2 Å². The second kappa shape index (κ2) is 6.93. The van der Waals surface area contributed by atoms with E-state index in [0.29, 0.717) is 18.8 Å². The Morgan fingerprint density at radius 2 is 2.28 bits per heavy atom. The Labute approximate surface area is 106 Å². The summed E-state index contributed by atoms with van der Waals surface area (Å²) >= 11 is 0. The highest BCUT2D eigenvalue weighted by Crippen LogP contribution is 2.04. The minimum Gasteiger partial charge on any atom is -0.383 e. The first-order chi connectivity index (χ1) is 8.52. The van der Waals surface area contributed by atoms with Crippen molar-refractivity contribution < 1.29 is 9.53 Å². The molecule has 1 atom stereocenters. The molecule has 1 aromatic rings. The maximum Gasteiger partial charge on any atom is 0.250 e. The second-order valence-electron chi connectivity index (χ2n) is 4.17. The lowest BCUT2D eigenvalue weighted by molar-refractivity contribution is -0.116. The number of pyridine rings is 1. The van der Waals surface area contributed by atoms with E-state index in [1.54, 1.807) is 26.3 Å². The number of carbonyl (C=O) groups excluding carboxylic acids is 1. The van der Waals surface area contributed by atoms with Crippen molar-refractivity contribution in [2.75, 3.05) is 19.0 Å². The minimum absolute atomic E-state index is 0.128. The van der Waals surface area contributed by atoms with Crippen molar-refractivity contribution in [3.05, 3.63) is 28.7 Å². The van der Waals surface area contributed by atoms with Crippen LogP contribution in [-0.2, 0) is 16.1 Å². The van der Waals surface area contributed by atoms with Crippen molar-refractivity contribution in [1.29, 1.82) is 0 Å². The predicted octanol–water partition coefficient (Wildman–Crippen LogP) is 0.170. The van der Waals surface area contributed by atoms with Gasteiger partial charge in [0.2, 0.25) is 5.91 Å². The molecule has 0 saturated carbocycles. The fourth-order valence-corrected chi connectivity index (χ4v) is 1.47. The SMILES string of the molecule is COCCn1cc(NC(=O)CC(C)N)ccc1=O. The molecule has 0 bridgehead atoms. The molecule has 6 nitrogen and oxygen atoms in total. The van der Waals surface area contributed by atoms with Crippen LogP contribution in [0, 0.1) is 0 Å². The summed E-state index contributed by atoms with van der Waals surface area (Å²) in [5.41, 5.74) is 5.99. The van der Waals surface area contributed by atoms with E-state index < -0.39 is 0 Å². The molecule has 0 spiro atoms. The number of nitrogens with zero attached hydrogens (tertiary/aromatic N) is 1. The Bertz CT molecular complexity index is 454. The molecule has 1 aromatic heterocycles. The number of hydrogen-bond acceptors (Lipinski definition) is 4. The molecule has 0 radical (unpaired) electrons. The first-order valence-electron chi connectivity index (χ1n) is 5.78. The summed E-state index contributed by atoms with van der Waals surface area (Å²) in [6.07, 6.45) is 1.84. The van der Waals surface area contributed by atoms with Crippen molar-refractivity contribution in [2.24, 2.45) is 5.73 Å². The molecule has 1 heterocycles. The zero-order valence-corrected chi connectivity index (χ0v) is 10.7. The molecule has 100 valence electrons. The predicted molar refractivity (Wildman–Crippen MR) is 69.5 cm³/mol. The van der Waals surface area contributed by atoms with E-state index in [1.165, 1.54) is 10.6 Å². The van der Waals surface area contributed by atoms with Gasteiger partial charge in [0.05, 0.1) is 12.3 Å². The van der Waals surface area contributed by atoms with Gasteiger partial charge in [-0.1, -0.05) is 0 Å². The van der Waals surface area contributed by atoms with E-state index in [-0.39, 0.29) is 23.9 Å². The minimum atomic E-state index is -0.190. The lowest BCUT2D eigenvalue weighted by Crippen LogP contribution is -2.25. The van der Waals surface area contributed by atoms with Crippen molar-refractivity contribution in [2.45, 2.75) is 25.9 Å². The molecule has 3 N–H and O–H groups in total. The molecule has 0 saturated heterocycles. The molecule has 0 fully saturated rings. The summed E-state index contributed by atoms with van der Waals surface area (Å²) in [5, 5.41) is 2.70. The number of nitrogens with one attached hydrogen (secondary N) is 1. The average Bonchev–Trinajstić information content (AvgIpc) is 2.28. The molecule has 18 heavy (non-hydrogen) atoms. The largest absolute Gasteiger partial charge is 0.383 e. The molecular formula is C12H19N3O3. The number of rotatable bonds is 6. The second-order valence-corrected chi connectivity index (χ2v) is 4.17. The first kappa shape index (κ1) is 14.4. The molecular weight excluding hydrogens is 234 g/mol. The van der Waals surface area contributed by atoms with Crippen LogP contribution < -0.4 is 16.6 Å². The normalized spacial score (nSPS) is 12.2. The van der Waals surface area contributed by atoms with E-state index in [4.69, 9.17) is 10.5 Å². The molecule has 1 unspecified atom stereocenters. The molecule has 1 amide bonds. The molecule has 6 heteroatoms. The maximum atomic E-state index is 11.5. The molecule has 0 aliphatic carbocycles. The van der Waals surface area contributed by atoms with E-state index in [9.17, 15) is 9.59 Å². The summed E-state index contributed by atoms with van der Waals surface area (Å²) < 4.78 is 6.40. The number of amides is 1. The van der Waals surface area contributed by atoms with Crippen LogP contribution in [0.1, 0.15) is 13.3 Å². The molecule has 1 rings (SSSR count). The van der Waals surface area contributed by atoms with Gasteiger partial charge < -0.3 is 20.4 Å². The summed E-state index contributed by atoms with van der Waals surface area (Å²) in [7, 11) is 1.57. The number of nitrogens with two attached hydrogens (primary N) is 1. The Kier molecular flexibility index (Phi) is 5.54. The van der Waals surface area contributed by atoms with Crippen LogP contribution in [0.2, 0.25) is 0 Å². The van der Waals surface area contributed by atoms with Gasteiger partial charge in [0.25, 0.3) is 5.56 Å². The van der Waals surface area contributed by atoms with Crippen LogP contribution in [0.4, 0.5) is 5.69 Å².